The average molecular weight is 284 g/mol. The van der Waals surface area contributed by atoms with Crippen molar-refractivity contribution < 1.29 is 5.11 Å². The van der Waals surface area contributed by atoms with Crippen molar-refractivity contribution in [1.29, 1.82) is 0 Å². The fourth-order valence-corrected chi connectivity index (χ4v) is 2.82. The van der Waals surface area contributed by atoms with E-state index in [1.165, 1.54) is 11.3 Å². The summed E-state index contributed by atoms with van der Waals surface area (Å²) in [6, 6.07) is 12.8. The smallest absolute Gasteiger partial charge is 0.262 e. The minimum Gasteiger partial charge on any atom is -0.493 e. The number of benzene rings is 1. The van der Waals surface area contributed by atoms with Crippen molar-refractivity contribution in [2.45, 2.75) is 6.92 Å². The van der Waals surface area contributed by atoms with E-state index in [1.807, 2.05) is 37.3 Å². The van der Waals surface area contributed by atoms with E-state index in [-0.39, 0.29) is 17.0 Å². The predicted molar refractivity (Wildman–Crippen MR) is 80.0 cm³/mol. The van der Waals surface area contributed by atoms with E-state index in [1.54, 1.807) is 12.1 Å². The Hall–Kier alpha value is -2.40. The second kappa shape index (κ2) is 4.94. The van der Waals surface area contributed by atoms with Crippen LogP contribution in [0.25, 0.3) is 21.8 Å². The Bertz CT molecular complexity index is 806. The number of nitrogens with one attached hydrogen (secondary N) is 1. The third kappa shape index (κ3) is 2.23. The normalized spacial score (nSPS) is 10.7. The van der Waals surface area contributed by atoms with Gasteiger partial charge in [-0.1, -0.05) is 30.3 Å². The van der Waals surface area contributed by atoms with E-state index in [0.717, 1.165) is 9.75 Å². The summed E-state index contributed by atoms with van der Waals surface area (Å²) in [5.41, 5.74) is 0.500. The van der Waals surface area contributed by atoms with Crippen LogP contribution >= 0.6 is 11.3 Å². The highest BCUT2D eigenvalue weighted by Crippen LogP contribution is 2.28. The molecule has 20 heavy (non-hydrogen) atoms. The highest BCUT2D eigenvalue weighted by atomic mass is 32.1. The van der Waals surface area contributed by atoms with Crippen molar-refractivity contribution in [2.75, 3.05) is 0 Å². The standard InChI is InChI=1S/C15H12N2O2S/c1-9-7-8-11(20-9)13-16-14(18)12(15(19)17-13)10-5-3-2-4-6-10/h2-8H,1H3,(H2,16,17,18,19). The largest absolute Gasteiger partial charge is 0.493 e. The molecule has 5 heteroatoms. The van der Waals surface area contributed by atoms with Gasteiger partial charge in [0.1, 0.15) is 5.56 Å². The minimum absolute atomic E-state index is 0.197. The number of aryl methyl sites for hydroxylation is 1. The minimum atomic E-state index is -0.343. The summed E-state index contributed by atoms with van der Waals surface area (Å²) in [5.74, 6) is 0.145. The number of hydrogen-bond acceptors (Lipinski definition) is 4. The van der Waals surface area contributed by atoms with Crippen molar-refractivity contribution in [3.8, 4) is 27.7 Å². The van der Waals surface area contributed by atoms with Gasteiger partial charge in [-0.05, 0) is 24.6 Å². The number of aromatic nitrogens is 2. The van der Waals surface area contributed by atoms with Gasteiger partial charge in [0.05, 0.1) is 4.88 Å². The van der Waals surface area contributed by atoms with Crippen molar-refractivity contribution in [2.24, 2.45) is 0 Å². The molecule has 0 saturated carbocycles. The molecule has 0 aliphatic carbocycles. The summed E-state index contributed by atoms with van der Waals surface area (Å²) in [6.07, 6.45) is 0. The monoisotopic (exact) mass is 284 g/mol. The quantitative estimate of drug-likeness (QED) is 0.759. The first kappa shape index (κ1) is 12.6. The van der Waals surface area contributed by atoms with Crippen molar-refractivity contribution in [3.05, 3.63) is 57.7 Å². The second-order valence-corrected chi connectivity index (χ2v) is 5.68. The summed E-state index contributed by atoms with van der Waals surface area (Å²) < 4.78 is 0. The van der Waals surface area contributed by atoms with Crippen molar-refractivity contribution >= 4 is 11.3 Å². The molecule has 2 aromatic heterocycles. The lowest BCUT2D eigenvalue weighted by Gasteiger charge is -2.04. The summed E-state index contributed by atoms with van der Waals surface area (Å²) >= 11 is 1.52. The lowest BCUT2D eigenvalue weighted by molar-refractivity contribution is 0.454. The van der Waals surface area contributed by atoms with Gasteiger partial charge >= 0.3 is 0 Å². The van der Waals surface area contributed by atoms with E-state index >= 15 is 0 Å². The molecule has 0 atom stereocenters. The molecular formula is C15H12N2O2S. The van der Waals surface area contributed by atoms with Crippen LogP contribution < -0.4 is 5.56 Å². The van der Waals surface area contributed by atoms with Gasteiger partial charge in [0.2, 0.25) is 5.88 Å². The topological polar surface area (TPSA) is 66.0 Å². The van der Waals surface area contributed by atoms with Gasteiger partial charge < -0.3 is 10.1 Å². The van der Waals surface area contributed by atoms with Crippen molar-refractivity contribution in [3.63, 3.8) is 0 Å². The van der Waals surface area contributed by atoms with Crippen LogP contribution in [0, 0.1) is 6.92 Å². The van der Waals surface area contributed by atoms with Crippen LogP contribution in [0.4, 0.5) is 0 Å². The van der Waals surface area contributed by atoms with Gasteiger partial charge in [0, 0.05) is 4.88 Å². The highest BCUT2D eigenvalue weighted by Gasteiger charge is 2.14. The third-order valence-corrected chi connectivity index (χ3v) is 3.94. The first-order chi connectivity index (χ1) is 9.65. The molecule has 4 nitrogen and oxygen atoms in total. The average Bonchev–Trinajstić information content (AvgIpc) is 2.86. The number of nitrogens with zero attached hydrogens (tertiary/aromatic N) is 1. The second-order valence-electron chi connectivity index (χ2n) is 4.39. The zero-order chi connectivity index (χ0) is 14.1. The fourth-order valence-electron chi connectivity index (χ4n) is 2.00. The van der Waals surface area contributed by atoms with E-state index < -0.39 is 0 Å². The Kier molecular flexibility index (Phi) is 3.12. The number of aromatic hydroxyl groups is 1. The molecule has 0 radical (unpaired) electrons. The molecule has 0 unspecified atom stereocenters. The molecular weight excluding hydrogens is 272 g/mol. The molecule has 0 saturated heterocycles. The van der Waals surface area contributed by atoms with E-state index in [9.17, 15) is 9.90 Å². The molecule has 1 aromatic carbocycles. The maximum atomic E-state index is 12.2. The summed E-state index contributed by atoms with van der Waals surface area (Å²) in [4.78, 5) is 21.0. The van der Waals surface area contributed by atoms with Crippen LogP contribution in [0.3, 0.4) is 0 Å². The van der Waals surface area contributed by atoms with Crippen molar-refractivity contribution in [1.82, 2.24) is 9.97 Å². The molecule has 0 bridgehead atoms. The van der Waals surface area contributed by atoms with E-state index in [0.29, 0.717) is 11.4 Å². The zero-order valence-corrected chi connectivity index (χ0v) is 11.6. The molecule has 2 N–H and O–H groups in total. The Morgan fingerprint density at radius 2 is 1.90 bits per heavy atom. The van der Waals surface area contributed by atoms with Gasteiger partial charge in [0.25, 0.3) is 5.56 Å². The number of thiophene rings is 1. The maximum absolute atomic E-state index is 12.2. The first-order valence-electron chi connectivity index (χ1n) is 6.10. The van der Waals surface area contributed by atoms with Gasteiger partial charge in [-0.3, -0.25) is 4.79 Å². The van der Waals surface area contributed by atoms with Gasteiger partial charge in [-0.15, -0.1) is 11.3 Å². The van der Waals surface area contributed by atoms with Crippen LogP contribution in [0.1, 0.15) is 4.88 Å². The molecule has 0 spiro atoms. The molecule has 3 rings (SSSR count). The summed E-state index contributed by atoms with van der Waals surface area (Å²) in [5, 5.41) is 10.1. The van der Waals surface area contributed by atoms with Gasteiger partial charge in [-0.2, -0.15) is 4.98 Å². The van der Waals surface area contributed by atoms with Crippen LogP contribution in [0.2, 0.25) is 0 Å². The number of hydrogen-bond donors (Lipinski definition) is 2. The van der Waals surface area contributed by atoms with Crippen LogP contribution in [0.15, 0.2) is 47.3 Å². The summed E-state index contributed by atoms with van der Waals surface area (Å²) in [6.45, 7) is 1.98. The molecule has 100 valence electrons. The van der Waals surface area contributed by atoms with E-state index in [2.05, 4.69) is 9.97 Å². The Morgan fingerprint density at radius 1 is 1.15 bits per heavy atom. The fraction of sp³-hybridized carbons (Fsp3) is 0.0667. The predicted octanol–water partition coefficient (Wildman–Crippen LogP) is 3.18. The molecule has 0 fully saturated rings. The maximum Gasteiger partial charge on any atom is 0.262 e. The highest BCUT2D eigenvalue weighted by molar-refractivity contribution is 7.15. The molecule has 0 aliphatic rings. The summed E-state index contributed by atoms with van der Waals surface area (Å²) in [7, 11) is 0. The molecule has 2 heterocycles. The van der Waals surface area contributed by atoms with E-state index in [4.69, 9.17) is 0 Å². The SMILES string of the molecule is Cc1ccc(-c2nc(O)c(-c3ccccc3)c(=O)[nH]2)s1. The number of rotatable bonds is 2. The molecule has 3 aromatic rings. The Labute approximate surface area is 119 Å². The molecule has 0 aliphatic heterocycles. The lowest BCUT2D eigenvalue weighted by Crippen LogP contribution is -2.11. The lowest BCUT2D eigenvalue weighted by atomic mass is 10.1. The number of aromatic amines is 1. The first-order valence-corrected chi connectivity index (χ1v) is 6.92. The van der Waals surface area contributed by atoms with Crippen LogP contribution in [-0.4, -0.2) is 15.1 Å². The Balaban J connectivity index is 2.15. The van der Waals surface area contributed by atoms with Gasteiger partial charge in [-0.25, -0.2) is 0 Å². The number of H-pyrrole nitrogens is 1. The van der Waals surface area contributed by atoms with Gasteiger partial charge in [0.15, 0.2) is 5.82 Å². The zero-order valence-electron chi connectivity index (χ0n) is 10.8. The van der Waals surface area contributed by atoms with Crippen LogP contribution in [0.5, 0.6) is 5.88 Å². The Morgan fingerprint density at radius 3 is 2.50 bits per heavy atom. The van der Waals surface area contributed by atoms with Crippen LogP contribution in [-0.2, 0) is 0 Å². The third-order valence-electron chi connectivity index (χ3n) is 2.94. The molecule has 0 amide bonds.